The van der Waals surface area contributed by atoms with Gasteiger partial charge in [0.2, 0.25) is 0 Å². The minimum absolute atomic E-state index is 0.00159. The Kier molecular flexibility index (Phi) is 7.93. The molecule has 1 unspecified atom stereocenters. The van der Waals surface area contributed by atoms with Gasteiger partial charge in [-0.1, -0.05) is 36.4 Å². The lowest BCUT2D eigenvalue weighted by Crippen LogP contribution is -2.46. The zero-order chi connectivity index (χ0) is 25.5. The Morgan fingerprint density at radius 1 is 1.06 bits per heavy atom. The third kappa shape index (κ3) is 6.06. The lowest BCUT2D eigenvalue weighted by atomic mass is 9.93. The van der Waals surface area contributed by atoms with Crippen LogP contribution in [0.5, 0.6) is 5.75 Å². The zero-order valence-electron chi connectivity index (χ0n) is 19.6. The van der Waals surface area contributed by atoms with E-state index < -0.39 is 12.0 Å². The molecule has 0 aliphatic carbocycles. The highest BCUT2D eigenvalue weighted by molar-refractivity contribution is 7.80. The molecule has 0 amide bonds. The summed E-state index contributed by atoms with van der Waals surface area (Å²) in [7, 11) is 1.61. The molecule has 1 aliphatic rings. The van der Waals surface area contributed by atoms with Crippen molar-refractivity contribution in [1.82, 2.24) is 10.6 Å². The van der Waals surface area contributed by atoms with Gasteiger partial charge in [0.05, 0.1) is 30.4 Å². The van der Waals surface area contributed by atoms with Crippen LogP contribution in [0.15, 0.2) is 84.1 Å². The average Bonchev–Trinajstić information content (AvgIpc) is 2.91. The molecule has 3 aromatic rings. The number of benzene rings is 3. The number of carbonyl (C=O) groups is 1. The van der Waals surface area contributed by atoms with Crippen molar-refractivity contribution in [1.29, 1.82) is 5.26 Å². The third-order valence-corrected chi connectivity index (χ3v) is 6.02. The Labute approximate surface area is 214 Å². The topological polar surface area (TPSA) is 83.4 Å². The van der Waals surface area contributed by atoms with Crippen molar-refractivity contribution < 1.29 is 18.7 Å². The first-order chi connectivity index (χ1) is 17.5. The van der Waals surface area contributed by atoms with E-state index in [1.807, 2.05) is 24.3 Å². The first-order valence-corrected chi connectivity index (χ1v) is 11.7. The number of methoxy groups -OCH3 is 1. The van der Waals surface area contributed by atoms with Crippen molar-refractivity contribution in [2.75, 3.05) is 7.11 Å². The van der Waals surface area contributed by atoms with Gasteiger partial charge in [-0.25, -0.2) is 9.18 Å². The third-order valence-electron chi connectivity index (χ3n) is 5.80. The van der Waals surface area contributed by atoms with E-state index in [1.165, 1.54) is 12.1 Å². The summed E-state index contributed by atoms with van der Waals surface area (Å²) in [6, 6.07) is 22.0. The maximum absolute atomic E-state index is 13.6. The molecule has 4 rings (SSSR count). The number of aryl methyl sites for hydroxylation is 1. The van der Waals surface area contributed by atoms with Crippen LogP contribution in [-0.2, 0) is 22.6 Å². The molecule has 182 valence electrons. The molecular formula is C28H24FN3O3S. The molecule has 36 heavy (non-hydrogen) atoms. The fraction of sp³-hybridized carbons (Fsp3) is 0.179. The second kappa shape index (κ2) is 11.5. The van der Waals surface area contributed by atoms with Gasteiger partial charge in [0, 0.05) is 5.70 Å². The summed E-state index contributed by atoms with van der Waals surface area (Å²) in [6.45, 7) is 0.00159. The predicted octanol–water partition coefficient (Wildman–Crippen LogP) is 4.86. The molecule has 0 saturated heterocycles. The fourth-order valence-electron chi connectivity index (χ4n) is 4.02. The van der Waals surface area contributed by atoms with Crippen molar-refractivity contribution in [3.05, 3.63) is 112 Å². The largest absolute Gasteiger partial charge is 0.497 e. The number of hydrogen-bond acceptors (Lipinski definition) is 5. The Balaban J connectivity index is 1.64. The Bertz CT molecular complexity index is 1350. The predicted molar refractivity (Wildman–Crippen MR) is 137 cm³/mol. The van der Waals surface area contributed by atoms with Crippen LogP contribution in [-0.4, -0.2) is 18.2 Å². The molecule has 1 atom stereocenters. The van der Waals surface area contributed by atoms with Crippen molar-refractivity contribution in [2.45, 2.75) is 25.5 Å². The number of halogens is 1. The van der Waals surface area contributed by atoms with E-state index in [1.54, 1.807) is 43.5 Å². The van der Waals surface area contributed by atoms with E-state index in [0.717, 1.165) is 11.3 Å². The van der Waals surface area contributed by atoms with Crippen LogP contribution >= 0.6 is 12.2 Å². The molecule has 8 heteroatoms. The summed E-state index contributed by atoms with van der Waals surface area (Å²) < 4.78 is 24.6. The van der Waals surface area contributed by atoms with Gasteiger partial charge in [0.1, 0.15) is 18.2 Å². The number of nitrogens with one attached hydrogen (secondary N) is 2. The summed E-state index contributed by atoms with van der Waals surface area (Å²) >= 11 is 5.43. The molecule has 1 heterocycles. The molecule has 0 aromatic heterocycles. The maximum Gasteiger partial charge on any atom is 0.338 e. The van der Waals surface area contributed by atoms with Gasteiger partial charge in [-0.15, -0.1) is 0 Å². The van der Waals surface area contributed by atoms with Crippen LogP contribution in [0.3, 0.4) is 0 Å². The number of allylic oxidation sites excluding steroid dienone is 1. The summed E-state index contributed by atoms with van der Waals surface area (Å²) in [4.78, 5) is 13.4. The van der Waals surface area contributed by atoms with Crippen LogP contribution in [0.1, 0.15) is 34.7 Å². The van der Waals surface area contributed by atoms with Crippen LogP contribution in [0.4, 0.5) is 4.39 Å². The van der Waals surface area contributed by atoms with Crippen LogP contribution < -0.4 is 15.4 Å². The Morgan fingerprint density at radius 3 is 2.56 bits per heavy atom. The minimum Gasteiger partial charge on any atom is -0.497 e. The van der Waals surface area contributed by atoms with Gasteiger partial charge in [0.25, 0.3) is 0 Å². The molecule has 0 fully saturated rings. The maximum atomic E-state index is 13.6. The van der Waals surface area contributed by atoms with Crippen molar-refractivity contribution in [3.63, 3.8) is 0 Å². The van der Waals surface area contributed by atoms with E-state index >= 15 is 0 Å². The van der Waals surface area contributed by atoms with E-state index in [2.05, 4.69) is 16.7 Å². The van der Waals surface area contributed by atoms with E-state index in [4.69, 9.17) is 27.0 Å². The second-order valence-corrected chi connectivity index (χ2v) is 8.62. The molecule has 0 radical (unpaired) electrons. The van der Waals surface area contributed by atoms with Crippen molar-refractivity contribution >= 4 is 23.3 Å². The monoisotopic (exact) mass is 501 g/mol. The highest BCUT2D eigenvalue weighted by atomic mass is 32.1. The summed E-state index contributed by atoms with van der Waals surface area (Å²) in [5, 5.41) is 15.8. The lowest BCUT2D eigenvalue weighted by Gasteiger charge is -2.31. The second-order valence-electron chi connectivity index (χ2n) is 8.22. The first-order valence-electron chi connectivity index (χ1n) is 11.3. The molecule has 3 aromatic carbocycles. The number of nitriles is 1. The van der Waals surface area contributed by atoms with Gasteiger partial charge in [-0.05, 0) is 78.1 Å². The van der Waals surface area contributed by atoms with Gasteiger partial charge < -0.3 is 20.1 Å². The fourth-order valence-corrected chi connectivity index (χ4v) is 4.26. The molecule has 0 saturated carbocycles. The van der Waals surface area contributed by atoms with Crippen molar-refractivity contribution in [2.24, 2.45) is 0 Å². The number of rotatable bonds is 8. The number of thiocarbonyl (C=S) groups is 1. The average molecular weight is 502 g/mol. The molecule has 1 aliphatic heterocycles. The van der Waals surface area contributed by atoms with Gasteiger partial charge in [-0.2, -0.15) is 5.26 Å². The minimum atomic E-state index is -0.613. The van der Waals surface area contributed by atoms with Crippen LogP contribution in [0.25, 0.3) is 0 Å². The smallest absolute Gasteiger partial charge is 0.338 e. The number of ether oxygens (including phenoxy) is 2. The lowest BCUT2D eigenvalue weighted by molar-refractivity contribution is -0.140. The van der Waals surface area contributed by atoms with Crippen molar-refractivity contribution in [3.8, 4) is 11.8 Å². The van der Waals surface area contributed by atoms with E-state index in [-0.39, 0.29) is 12.4 Å². The SMILES string of the molecule is COc1cccc(CCC2=C(C(=O)OCc3cccc(C#N)c3)C(c3ccc(F)cc3)NC(=S)N2)c1. The molecule has 2 N–H and O–H groups in total. The number of esters is 1. The normalized spacial score (nSPS) is 14.9. The number of hydrogen-bond donors (Lipinski definition) is 2. The van der Waals surface area contributed by atoms with Crippen LogP contribution in [0, 0.1) is 17.1 Å². The zero-order valence-corrected chi connectivity index (χ0v) is 20.4. The molecule has 0 bridgehead atoms. The van der Waals surface area contributed by atoms with Crippen LogP contribution in [0.2, 0.25) is 0 Å². The molecule has 6 nitrogen and oxygen atoms in total. The highest BCUT2D eigenvalue weighted by Crippen LogP contribution is 2.30. The standard InChI is InChI=1S/C28H24FN3O3S/c1-34-23-7-3-4-18(15-23)8-13-24-25(27(33)35-17-20-6-2-5-19(14-20)16-30)26(32-28(36)31-24)21-9-11-22(29)12-10-21/h2-7,9-12,14-15,26H,8,13,17H2,1H3,(H2,31,32,36). The van der Waals surface area contributed by atoms with Gasteiger partial charge >= 0.3 is 5.97 Å². The quantitative estimate of drug-likeness (QED) is 0.337. The van der Waals surface area contributed by atoms with Gasteiger partial charge in [0.15, 0.2) is 5.11 Å². The summed E-state index contributed by atoms with van der Waals surface area (Å²) in [6.07, 6.45) is 1.11. The highest BCUT2D eigenvalue weighted by Gasteiger charge is 2.32. The number of nitrogens with zero attached hydrogens (tertiary/aromatic N) is 1. The molecular weight excluding hydrogens is 477 g/mol. The summed E-state index contributed by atoms with van der Waals surface area (Å²) in [5.74, 6) is -0.160. The Morgan fingerprint density at radius 2 is 1.81 bits per heavy atom. The van der Waals surface area contributed by atoms with Gasteiger partial charge in [-0.3, -0.25) is 0 Å². The molecule has 0 spiro atoms. The first kappa shape index (κ1) is 24.9. The van der Waals surface area contributed by atoms with E-state index in [9.17, 15) is 9.18 Å². The Hall–Kier alpha value is -4.22. The van der Waals surface area contributed by atoms with E-state index in [0.29, 0.717) is 45.9 Å². The summed E-state index contributed by atoms with van der Waals surface area (Å²) in [5.41, 5.74) is 3.90. The number of carbonyl (C=O) groups excluding carboxylic acids is 1.